The second-order valence-corrected chi connectivity index (χ2v) is 4.64. The predicted octanol–water partition coefficient (Wildman–Crippen LogP) is 3.42. The maximum absolute atomic E-state index is 12.0. The molecule has 1 heterocycles. The van der Waals surface area contributed by atoms with E-state index in [1.165, 1.54) is 5.39 Å². The van der Waals surface area contributed by atoms with Crippen molar-refractivity contribution >= 4 is 22.4 Å². The van der Waals surface area contributed by atoms with Gasteiger partial charge in [-0.1, -0.05) is 42.5 Å². The predicted molar refractivity (Wildman–Crippen MR) is 80.5 cm³/mol. The van der Waals surface area contributed by atoms with E-state index in [-0.39, 0.29) is 5.91 Å². The van der Waals surface area contributed by atoms with Crippen LogP contribution in [-0.4, -0.2) is 10.9 Å². The van der Waals surface area contributed by atoms with Crippen molar-refractivity contribution in [1.29, 1.82) is 0 Å². The summed E-state index contributed by atoms with van der Waals surface area (Å²) in [5, 5.41) is 5.20. The maximum Gasteiger partial charge on any atom is 0.228 e. The van der Waals surface area contributed by atoms with Gasteiger partial charge >= 0.3 is 0 Å². The van der Waals surface area contributed by atoms with Gasteiger partial charge in [-0.15, -0.1) is 0 Å². The molecule has 2 aromatic carbocycles. The summed E-state index contributed by atoms with van der Waals surface area (Å²) < 4.78 is 0. The summed E-state index contributed by atoms with van der Waals surface area (Å²) in [6, 6.07) is 17.8. The standard InChI is InChI=1S/C17H14N2O/c20-17(19-16-7-9-18-10-8-16)12-13-5-6-14-3-1-2-4-15(14)11-13/h1-11H,12H2,(H,18,19,20). The molecule has 0 atom stereocenters. The molecule has 3 aromatic rings. The van der Waals surface area contributed by atoms with Gasteiger partial charge in [-0.05, 0) is 28.5 Å². The van der Waals surface area contributed by atoms with Crippen LogP contribution in [0.3, 0.4) is 0 Å². The summed E-state index contributed by atoms with van der Waals surface area (Å²) in [5.74, 6) is -0.0218. The molecule has 0 aliphatic heterocycles. The number of aromatic nitrogens is 1. The Bertz CT molecular complexity index is 738. The lowest BCUT2D eigenvalue weighted by atomic mass is 10.0. The van der Waals surface area contributed by atoms with Crippen LogP contribution < -0.4 is 5.32 Å². The molecule has 3 rings (SSSR count). The Balaban J connectivity index is 1.74. The van der Waals surface area contributed by atoms with E-state index in [9.17, 15) is 4.79 Å². The van der Waals surface area contributed by atoms with Gasteiger partial charge < -0.3 is 5.32 Å². The summed E-state index contributed by atoms with van der Waals surface area (Å²) in [6.07, 6.45) is 3.68. The molecule has 20 heavy (non-hydrogen) atoms. The van der Waals surface area contributed by atoms with Gasteiger partial charge in [0.2, 0.25) is 5.91 Å². The first-order valence-corrected chi connectivity index (χ1v) is 6.49. The Morgan fingerprint density at radius 2 is 1.70 bits per heavy atom. The third kappa shape index (κ3) is 2.83. The minimum Gasteiger partial charge on any atom is -0.326 e. The highest BCUT2D eigenvalue weighted by atomic mass is 16.1. The van der Waals surface area contributed by atoms with Gasteiger partial charge in [0.1, 0.15) is 0 Å². The third-order valence-electron chi connectivity index (χ3n) is 3.14. The van der Waals surface area contributed by atoms with Crippen molar-refractivity contribution in [3.63, 3.8) is 0 Å². The molecule has 0 bridgehead atoms. The summed E-state index contributed by atoms with van der Waals surface area (Å²) in [6.45, 7) is 0. The normalized spacial score (nSPS) is 10.4. The highest BCUT2D eigenvalue weighted by Crippen LogP contribution is 2.16. The van der Waals surface area contributed by atoms with Crippen molar-refractivity contribution in [2.75, 3.05) is 5.32 Å². The van der Waals surface area contributed by atoms with Crippen LogP contribution >= 0.6 is 0 Å². The Morgan fingerprint density at radius 3 is 2.50 bits per heavy atom. The Hall–Kier alpha value is -2.68. The number of nitrogens with one attached hydrogen (secondary N) is 1. The molecule has 0 spiro atoms. The molecule has 0 aliphatic rings. The first kappa shape index (κ1) is 12.4. The quantitative estimate of drug-likeness (QED) is 0.786. The summed E-state index contributed by atoms with van der Waals surface area (Å²) in [7, 11) is 0. The number of fused-ring (bicyclic) bond motifs is 1. The summed E-state index contributed by atoms with van der Waals surface area (Å²) >= 11 is 0. The molecule has 3 nitrogen and oxygen atoms in total. The van der Waals surface area contributed by atoms with Gasteiger partial charge in [-0.25, -0.2) is 0 Å². The average molecular weight is 262 g/mol. The lowest BCUT2D eigenvalue weighted by molar-refractivity contribution is -0.115. The van der Waals surface area contributed by atoms with Gasteiger partial charge in [0, 0.05) is 18.1 Å². The van der Waals surface area contributed by atoms with Gasteiger partial charge in [0.05, 0.1) is 6.42 Å². The molecule has 1 N–H and O–H groups in total. The first-order valence-electron chi connectivity index (χ1n) is 6.49. The molecule has 0 fully saturated rings. The van der Waals surface area contributed by atoms with Gasteiger partial charge in [-0.2, -0.15) is 0 Å². The zero-order chi connectivity index (χ0) is 13.8. The van der Waals surface area contributed by atoms with Gasteiger partial charge in [0.25, 0.3) is 0 Å². The monoisotopic (exact) mass is 262 g/mol. The Kier molecular flexibility index (Phi) is 3.42. The van der Waals surface area contributed by atoms with Crippen LogP contribution in [0, 0.1) is 0 Å². The summed E-state index contributed by atoms with van der Waals surface area (Å²) in [4.78, 5) is 15.9. The molecule has 0 saturated heterocycles. The van der Waals surface area contributed by atoms with Crippen molar-refractivity contribution in [1.82, 2.24) is 4.98 Å². The number of pyridine rings is 1. The van der Waals surface area contributed by atoms with E-state index in [1.54, 1.807) is 24.5 Å². The smallest absolute Gasteiger partial charge is 0.228 e. The Labute approximate surface area is 117 Å². The van der Waals surface area contributed by atoms with E-state index in [2.05, 4.69) is 28.5 Å². The van der Waals surface area contributed by atoms with Gasteiger partial charge in [0.15, 0.2) is 0 Å². The highest BCUT2D eigenvalue weighted by Gasteiger charge is 2.04. The molecule has 0 unspecified atom stereocenters. The van der Waals surface area contributed by atoms with Crippen LogP contribution in [0.2, 0.25) is 0 Å². The van der Waals surface area contributed by atoms with E-state index in [0.717, 1.165) is 16.6 Å². The fraction of sp³-hybridized carbons (Fsp3) is 0.0588. The number of carbonyl (C=O) groups is 1. The number of hydrogen-bond acceptors (Lipinski definition) is 2. The van der Waals surface area contributed by atoms with Crippen LogP contribution in [-0.2, 0) is 11.2 Å². The zero-order valence-electron chi connectivity index (χ0n) is 10.9. The van der Waals surface area contributed by atoms with Crippen LogP contribution in [0.25, 0.3) is 10.8 Å². The van der Waals surface area contributed by atoms with E-state index >= 15 is 0 Å². The molecule has 0 radical (unpaired) electrons. The number of nitrogens with zero attached hydrogens (tertiary/aromatic N) is 1. The average Bonchev–Trinajstić information content (AvgIpc) is 2.48. The SMILES string of the molecule is O=C(Cc1ccc2ccccc2c1)Nc1ccncc1. The van der Waals surface area contributed by atoms with E-state index in [4.69, 9.17) is 0 Å². The van der Waals surface area contributed by atoms with Gasteiger partial charge in [-0.3, -0.25) is 9.78 Å². The third-order valence-corrected chi connectivity index (χ3v) is 3.14. The Morgan fingerprint density at radius 1 is 0.950 bits per heavy atom. The first-order chi connectivity index (χ1) is 9.81. The molecular formula is C17H14N2O. The molecule has 1 aromatic heterocycles. The van der Waals surface area contributed by atoms with E-state index < -0.39 is 0 Å². The molecule has 3 heteroatoms. The van der Waals surface area contributed by atoms with Crippen molar-refractivity contribution in [2.24, 2.45) is 0 Å². The number of benzene rings is 2. The minimum atomic E-state index is -0.0218. The maximum atomic E-state index is 12.0. The number of anilines is 1. The number of amides is 1. The highest BCUT2D eigenvalue weighted by molar-refractivity contribution is 5.93. The molecule has 98 valence electrons. The number of carbonyl (C=O) groups excluding carboxylic acids is 1. The number of rotatable bonds is 3. The second-order valence-electron chi connectivity index (χ2n) is 4.64. The summed E-state index contributed by atoms with van der Waals surface area (Å²) in [5.41, 5.74) is 1.78. The van der Waals surface area contributed by atoms with E-state index in [0.29, 0.717) is 6.42 Å². The second kappa shape index (κ2) is 5.53. The van der Waals surface area contributed by atoms with Crippen LogP contribution in [0.4, 0.5) is 5.69 Å². The van der Waals surface area contributed by atoms with Crippen LogP contribution in [0.1, 0.15) is 5.56 Å². The fourth-order valence-electron chi connectivity index (χ4n) is 2.17. The lowest BCUT2D eigenvalue weighted by Crippen LogP contribution is -2.14. The zero-order valence-corrected chi connectivity index (χ0v) is 10.9. The molecule has 0 aliphatic carbocycles. The molecular weight excluding hydrogens is 248 g/mol. The molecule has 1 amide bonds. The van der Waals surface area contributed by atoms with Crippen molar-refractivity contribution < 1.29 is 4.79 Å². The van der Waals surface area contributed by atoms with Crippen molar-refractivity contribution in [3.8, 4) is 0 Å². The fourth-order valence-corrected chi connectivity index (χ4v) is 2.17. The lowest BCUT2D eigenvalue weighted by Gasteiger charge is -2.06. The molecule has 0 saturated carbocycles. The van der Waals surface area contributed by atoms with Crippen LogP contribution in [0.5, 0.6) is 0 Å². The van der Waals surface area contributed by atoms with Crippen molar-refractivity contribution in [3.05, 3.63) is 72.6 Å². The van der Waals surface area contributed by atoms with Crippen LogP contribution in [0.15, 0.2) is 67.0 Å². The number of hydrogen-bond donors (Lipinski definition) is 1. The van der Waals surface area contributed by atoms with Crippen molar-refractivity contribution in [2.45, 2.75) is 6.42 Å². The largest absolute Gasteiger partial charge is 0.326 e. The topological polar surface area (TPSA) is 42.0 Å². The van der Waals surface area contributed by atoms with E-state index in [1.807, 2.05) is 24.3 Å². The minimum absolute atomic E-state index is 0.0218.